The zero-order valence-electron chi connectivity index (χ0n) is 8.17. The van der Waals surface area contributed by atoms with Crippen molar-refractivity contribution in [1.82, 2.24) is 0 Å². The van der Waals surface area contributed by atoms with Crippen LogP contribution in [0.2, 0.25) is 0 Å². The molecule has 0 aliphatic heterocycles. The van der Waals surface area contributed by atoms with E-state index in [0.717, 1.165) is 0 Å². The van der Waals surface area contributed by atoms with Gasteiger partial charge in [-0.2, -0.15) is 0 Å². The van der Waals surface area contributed by atoms with Gasteiger partial charge in [-0.1, -0.05) is 12.1 Å². The molecule has 1 aromatic rings. The van der Waals surface area contributed by atoms with Gasteiger partial charge in [-0.05, 0) is 36.6 Å². The molecule has 74 valence electrons. The topological polar surface area (TPSA) is 43.1 Å². The fourth-order valence-electron chi connectivity index (χ4n) is 1.19. The maximum absolute atomic E-state index is 13.4. The second-order valence-electron chi connectivity index (χ2n) is 3.15. The first-order valence-corrected chi connectivity index (χ1v) is 4.25. The number of hydrogen-bond donors (Lipinski definition) is 1. The molecule has 0 aliphatic rings. The summed E-state index contributed by atoms with van der Waals surface area (Å²) in [6, 6.07) is 3.43. The lowest BCUT2D eigenvalue weighted by Crippen LogP contribution is -2.05. The molecular formula is C11H12FNO. The molecule has 0 saturated heterocycles. The summed E-state index contributed by atoms with van der Waals surface area (Å²) in [6.45, 7) is 3.37. The zero-order chi connectivity index (χ0) is 10.7. The third kappa shape index (κ3) is 2.19. The number of carbonyl (C=O) groups is 1. The van der Waals surface area contributed by atoms with Crippen molar-refractivity contribution in [2.24, 2.45) is 5.73 Å². The van der Waals surface area contributed by atoms with E-state index >= 15 is 0 Å². The number of primary amides is 1. The van der Waals surface area contributed by atoms with Crippen molar-refractivity contribution in [3.05, 3.63) is 40.7 Å². The summed E-state index contributed by atoms with van der Waals surface area (Å²) in [7, 11) is 0. The standard InChI is InChI=1S/C11H12FNO/c1-7-3-4-9(5-6-10(13)14)8(2)11(7)12/h3-6H,1-2H3,(H2,13,14)/b6-5-. The lowest BCUT2D eigenvalue weighted by molar-refractivity contribution is -0.113. The molecule has 1 rings (SSSR count). The van der Waals surface area contributed by atoms with Gasteiger partial charge in [0.2, 0.25) is 5.91 Å². The Bertz CT molecular complexity index is 397. The van der Waals surface area contributed by atoms with Crippen LogP contribution in [0, 0.1) is 19.7 Å². The summed E-state index contributed by atoms with van der Waals surface area (Å²) in [4.78, 5) is 10.5. The molecule has 1 aromatic carbocycles. The van der Waals surface area contributed by atoms with Crippen LogP contribution in [-0.4, -0.2) is 5.91 Å². The lowest BCUT2D eigenvalue weighted by Gasteiger charge is -2.04. The first kappa shape index (κ1) is 10.4. The third-order valence-corrected chi connectivity index (χ3v) is 2.05. The van der Waals surface area contributed by atoms with Gasteiger partial charge >= 0.3 is 0 Å². The maximum atomic E-state index is 13.4. The number of rotatable bonds is 2. The van der Waals surface area contributed by atoms with Crippen LogP contribution in [0.4, 0.5) is 4.39 Å². The van der Waals surface area contributed by atoms with Crippen molar-refractivity contribution >= 4 is 12.0 Å². The van der Waals surface area contributed by atoms with Crippen LogP contribution in [-0.2, 0) is 4.79 Å². The molecular weight excluding hydrogens is 181 g/mol. The minimum Gasteiger partial charge on any atom is -0.366 e. The zero-order valence-corrected chi connectivity index (χ0v) is 8.17. The van der Waals surface area contributed by atoms with Crippen molar-refractivity contribution in [2.75, 3.05) is 0 Å². The average Bonchev–Trinajstić information content (AvgIpc) is 2.13. The van der Waals surface area contributed by atoms with E-state index in [1.807, 2.05) is 0 Å². The number of halogens is 1. The minimum atomic E-state index is -0.537. The smallest absolute Gasteiger partial charge is 0.241 e. The van der Waals surface area contributed by atoms with E-state index in [1.54, 1.807) is 26.0 Å². The lowest BCUT2D eigenvalue weighted by atomic mass is 10.0. The Balaban J connectivity index is 3.12. The van der Waals surface area contributed by atoms with E-state index in [9.17, 15) is 9.18 Å². The summed E-state index contributed by atoms with van der Waals surface area (Å²) in [5, 5.41) is 0. The molecule has 0 aromatic heterocycles. The Morgan fingerprint density at radius 1 is 1.43 bits per heavy atom. The molecule has 0 fully saturated rings. The van der Waals surface area contributed by atoms with Crippen molar-refractivity contribution in [2.45, 2.75) is 13.8 Å². The normalized spacial score (nSPS) is 10.8. The van der Waals surface area contributed by atoms with Crippen LogP contribution in [0.1, 0.15) is 16.7 Å². The quantitative estimate of drug-likeness (QED) is 0.716. The largest absolute Gasteiger partial charge is 0.366 e. The number of hydrogen-bond acceptors (Lipinski definition) is 1. The number of aryl methyl sites for hydroxylation is 1. The van der Waals surface area contributed by atoms with Gasteiger partial charge in [0, 0.05) is 6.08 Å². The summed E-state index contributed by atoms with van der Waals surface area (Å²) < 4.78 is 13.4. The average molecular weight is 193 g/mol. The van der Waals surface area contributed by atoms with E-state index in [-0.39, 0.29) is 5.82 Å². The highest BCUT2D eigenvalue weighted by atomic mass is 19.1. The predicted molar refractivity (Wildman–Crippen MR) is 54.1 cm³/mol. The first-order chi connectivity index (χ1) is 6.52. The molecule has 0 atom stereocenters. The van der Waals surface area contributed by atoms with Gasteiger partial charge in [0.1, 0.15) is 5.82 Å². The van der Waals surface area contributed by atoms with Gasteiger partial charge in [0.25, 0.3) is 0 Å². The van der Waals surface area contributed by atoms with E-state index in [2.05, 4.69) is 0 Å². The molecule has 0 radical (unpaired) electrons. The summed E-state index contributed by atoms with van der Waals surface area (Å²) >= 11 is 0. The molecule has 2 nitrogen and oxygen atoms in total. The molecule has 1 amide bonds. The fraction of sp³-hybridized carbons (Fsp3) is 0.182. The maximum Gasteiger partial charge on any atom is 0.241 e. The number of benzene rings is 1. The van der Waals surface area contributed by atoms with Crippen LogP contribution >= 0.6 is 0 Å². The van der Waals surface area contributed by atoms with E-state index < -0.39 is 5.91 Å². The molecule has 0 spiro atoms. The molecule has 14 heavy (non-hydrogen) atoms. The Labute approximate surface area is 82.2 Å². The molecule has 3 heteroatoms. The second-order valence-corrected chi connectivity index (χ2v) is 3.15. The molecule has 0 aliphatic carbocycles. The van der Waals surface area contributed by atoms with Crippen LogP contribution in [0.5, 0.6) is 0 Å². The third-order valence-electron chi connectivity index (χ3n) is 2.05. The van der Waals surface area contributed by atoms with Crippen molar-refractivity contribution in [1.29, 1.82) is 0 Å². The molecule has 0 saturated carbocycles. The van der Waals surface area contributed by atoms with Crippen molar-refractivity contribution in [3.8, 4) is 0 Å². The SMILES string of the molecule is Cc1ccc(/C=C\C(N)=O)c(C)c1F. The summed E-state index contributed by atoms with van der Waals surface area (Å²) in [5.41, 5.74) is 6.74. The second kappa shape index (κ2) is 4.05. The Hall–Kier alpha value is -1.64. The monoisotopic (exact) mass is 193 g/mol. The minimum absolute atomic E-state index is 0.239. The predicted octanol–water partition coefficient (Wildman–Crippen LogP) is 1.94. The highest BCUT2D eigenvalue weighted by Crippen LogP contribution is 2.17. The Morgan fingerprint density at radius 3 is 2.64 bits per heavy atom. The van der Waals surface area contributed by atoms with Crippen molar-refractivity contribution < 1.29 is 9.18 Å². The number of nitrogens with two attached hydrogens (primary N) is 1. The van der Waals surface area contributed by atoms with Crippen molar-refractivity contribution in [3.63, 3.8) is 0 Å². The van der Waals surface area contributed by atoms with Crippen LogP contribution < -0.4 is 5.73 Å². The molecule has 0 heterocycles. The summed E-state index contributed by atoms with van der Waals surface area (Å²) in [5.74, 6) is -0.776. The van der Waals surface area contributed by atoms with Gasteiger partial charge in [-0.15, -0.1) is 0 Å². The van der Waals surface area contributed by atoms with Crippen LogP contribution in [0.3, 0.4) is 0 Å². The van der Waals surface area contributed by atoms with Gasteiger partial charge in [-0.25, -0.2) is 4.39 Å². The molecule has 0 unspecified atom stereocenters. The van der Waals surface area contributed by atoms with E-state index in [0.29, 0.717) is 16.7 Å². The van der Waals surface area contributed by atoms with Gasteiger partial charge < -0.3 is 5.73 Å². The Morgan fingerprint density at radius 2 is 2.07 bits per heavy atom. The van der Waals surface area contributed by atoms with E-state index in [1.165, 1.54) is 12.2 Å². The first-order valence-electron chi connectivity index (χ1n) is 4.25. The highest BCUT2D eigenvalue weighted by molar-refractivity contribution is 5.90. The Kier molecular flexibility index (Phi) is 3.02. The number of carbonyl (C=O) groups excluding carboxylic acids is 1. The van der Waals surface area contributed by atoms with Crippen LogP contribution in [0.15, 0.2) is 18.2 Å². The van der Waals surface area contributed by atoms with E-state index in [4.69, 9.17) is 5.73 Å². The molecule has 0 bridgehead atoms. The van der Waals surface area contributed by atoms with Gasteiger partial charge in [-0.3, -0.25) is 4.79 Å². The van der Waals surface area contributed by atoms with Gasteiger partial charge in [0.05, 0.1) is 0 Å². The number of amides is 1. The fourth-order valence-corrected chi connectivity index (χ4v) is 1.19. The summed E-state index contributed by atoms with van der Waals surface area (Å²) in [6.07, 6.45) is 2.73. The van der Waals surface area contributed by atoms with Gasteiger partial charge in [0.15, 0.2) is 0 Å². The van der Waals surface area contributed by atoms with Crippen LogP contribution in [0.25, 0.3) is 6.08 Å². The molecule has 2 N–H and O–H groups in total. The highest BCUT2D eigenvalue weighted by Gasteiger charge is 2.04.